The van der Waals surface area contributed by atoms with Crippen molar-refractivity contribution >= 4 is 33.4 Å². The molecule has 2 rings (SSSR count). The molecule has 0 aliphatic heterocycles. The first-order valence-corrected chi connectivity index (χ1v) is 9.99. The normalized spacial score (nSPS) is 11.4. The van der Waals surface area contributed by atoms with Crippen LogP contribution in [0, 0.1) is 0 Å². The molecule has 25 heavy (non-hydrogen) atoms. The molecule has 1 aromatic heterocycles. The molecule has 2 aromatic rings. The minimum Gasteiger partial charge on any atom is -0.444 e. The number of carbonyl (C=O) groups excluding carboxylic acids is 1. The van der Waals surface area contributed by atoms with Crippen molar-refractivity contribution in [3.8, 4) is 10.6 Å². The fourth-order valence-corrected chi connectivity index (χ4v) is 3.30. The van der Waals surface area contributed by atoms with Gasteiger partial charge >= 0.3 is 6.09 Å². The molecule has 1 amide bonds. The van der Waals surface area contributed by atoms with Gasteiger partial charge in [0.05, 0.1) is 0 Å². The van der Waals surface area contributed by atoms with Gasteiger partial charge in [-0.3, -0.25) is 0 Å². The Balaban J connectivity index is 1.64. The third-order valence-corrected chi connectivity index (χ3v) is 4.85. The highest BCUT2D eigenvalue weighted by Crippen LogP contribution is 2.25. The van der Waals surface area contributed by atoms with Crippen LogP contribution in [0.25, 0.3) is 10.6 Å². The van der Waals surface area contributed by atoms with Gasteiger partial charge in [0.15, 0.2) is 0 Å². The number of alkyl carbamates (subject to hydrolysis) is 1. The molecule has 1 aromatic carbocycles. The summed E-state index contributed by atoms with van der Waals surface area (Å²) in [7, 11) is 0. The van der Waals surface area contributed by atoms with E-state index in [1.807, 2.05) is 45.0 Å². The van der Waals surface area contributed by atoms with Crippen LogP contribution in [-0.4, -0.2) is 28.4 Å². The monoisotopic (exact) mass is 425 g/mol. The Labute approximate surface area is 161 Å². The van der Waals surface area contributed by atoms with Crippen LogP contribution in [0.3, 0.4) is 0 Å². The lowest BCUT2D eigenvalue weighted by Gasteiger charge is -2.19. The Hall–Kier alpha value is -1.47. The minimum absolute atomic E-state index is 0.351. The lowest BCUT2D eigenvalue weighted by atomic mass is 10.2. The zero-order chi connectivity index (χ0) is 18.3. The summed E-state index contributed by atoms with van der Waals surface area (Å²) in [5, 5.41) is 13.3. The number of ether oxygens (including phenoxy) is 1. The predicted octanol–water partition coefficient (Wildman–Crippen LogP) is 5.21. The summed E-state index contributed by atoms with van der Waals surface area (Å²) in [6, 6.07) is 8.09. The molecule has 1 N–H and O–H groups in total. The van der Waals surface area contributed by atoms with Gasteiger partial charge in [-0.05, 0) is 45.7 Å². The highest BCUT2D eigenvalue weighted by atomic mass is 79.9. The van der Waals surface area contributed by atoms with Crippen LogP contribution in [0.15, 0.2) is 28.7 Å². The van der Waals surface area contributed by atoms with E-state index in [9.17, 15) is 4.79 Å². The molecule has 0 spiro atoms. The van der Waals surface area contributed by atoms with Gasteiger partial charge in [-0.1, -0.05) is 45.8 Å². The fourth-order valence-electron chi connectivity index (χ4n) is 2.15. The van der Waals surface area contributed by atoms with E-state index in [4.69, 9.17) is 4.74 Å². The molecule has 0 fully saturated rings. The number of nitrogens with one attached hydrogen (secondary N) is 1. The Kier molecular flexibility index (Phi) is 7.38. The number of carbonyl (C=O) groups is 1. The van der Waals surface area contributed by atoms with Crippen molar-refractivity contribution < 1.29 is 9.53 Å². The number of rotatable bonds is 7. The molecule has 0 aliphatic rings. The van der Waals surface area contributed by atoms with Crippen molar-refractivity contribution in [2.24, 2.45) is 0 Å². The molecule has 0 saturated heterocycles. The third kappa shape index (κ3) is 7.52. The molecule has 1 heterocycles. The van der Waals surface area contributed by atoms with Crippen LogP contribution in [-0.2, 0) is 11.2 Å². The maximum Gasteiger partial charge on any atom is 0.407 e. The minimum atomic E-state index is -0.450. The fraction of sp³-hybridized carbons (Fsp3) is 0.500. The van der Waals surface area contributed by atoms with E-state index in [2.05, 4.69) is 31.4 Å². The number of halogens is 1. The largest absolute Gasteiger partial charge is 0.444 e. The average molecular weight is 426 g/mol. The van der Waals surface area contributed by atoms with Gasteiger partial charge < -0.3 is 10.1 Å². The van der Waals surface area contributed by atoms with Crippen molar-refractivity contribution in [3.05, 3.63) is 33.7 Å². The third-order valence-electron chi connectivity index (χ3n) is 3.29. The van der Waals surface area contributed by atoms with E-state index in [1.165, 1.54) is 0 Å². The van der Waals surface area contributed by atoms with E-state index < -0.39 is 5.60 Å². The van der Waals surface area contributed by atoms with Crippen LogP contribution in [0.4, 0.5) is 4.79 Å². The molecule has 0 radical (unpaired) electrons. The van der Waals surface area contributed by atoms with Gasteiger partial charge in [-0.2, -0.15) is 0 Å². The maximum atomic E-state index is 11.5. The molecule has 0 aliphatic carbocycles. The number of hydrogen-bond acceptors (Lipinski definition) is 5. The Morgan fingerprint density at radius 1 is 1.16 bits per heavy atom. The second kappa shape index (κ2) is 9.29. The molecule has 0 bridgehead atoms. The molecule has 5 nitrogen and oxygen atoms in total. The second-order valence-electron chi connectivity index (χ2n) is 6.75. The molecule has 0 atom stereocenters. The number of nitrogens with zero attached hydrogens (tertiary/aromatic N) is 2. The van der Waals surface area contributed by atoms with E-state index in [0.29, 0.717) is 6.54 Å². The molecular weight excluding hydrogens is 402 g/mol. The van der Waals surface area contributed by atoms with Crippen LogP contribution >= 0.6 is 27.3 Å². The van der Waals surface area contributed by atoms with Crippen LogP contribution in [0.2, 0.25) is 0 Å². The SMILES string of the molecule is CC(C)(C)OC(=O)NCCCCCc1nnc(-c2ccc(Br)cc2)s1. The summed E-state index contributed by atoms with van der Waals surface area (Å²) in [6.45, 7) is 6.21. The number of benzene rings is 1. The molecule has 0 saturated carbocycles. The number of amides is 1. The number of hydrogen-bond donors (Lipinski definition) is 1. The van der Waals surface area contributed by atoms with E-state index >= 15 is 0 Å². The smallest absolute Gasteiger partial charge is 0.407 e. The van der Waals surface area contributed by atoms with Gasteiger partial charge in [0.1, 0.15) is 15.6 Å². The zero-order valence-corrected chi connectivity index (χ0v) is 17.2. The number of aromatic nitrogens is 2. The van der Waals surface area contributed by atoms with Crippen molar-refractivity contribution in [1.29, 1.82) is 0 Å². The van der Waals surface area contributed by atoms with Crippen LogP contribution in [0.1, 0.15) is 45.0 Å². The summed E-state index contributed by atoms with van der Waals surface area (Å²) in [6.07, 6.45) is 3.56. The highest BCUT2D eigenvalue weighted by Gasteiger charge is 2.15. The van der Waals surface area contributed by atoms with E-state index in [-0.39, 0.29) is 6.09 Å². The van der Waals surface area contributed by atoms with Crippen LogP contribution in [0.5, 0.6) is 0 Å². The maximum absolute atomic E-state index is 11.5. The van der Waals surface area contributed by atoms with E-state index in [1.54, 1.807) is 11.3 Å². The van der Waals surface area contributed by atoms with Gasteiger partial charge in [0, 0.05) is 23.0 Å². The topological polar surface area (TPSA) is 64.1 Å². The number of unbranched alkanes of at least 4 members (excludes halogenated alkanes) is 2. The Morgan fingerprint density at radius 3 is 2.56 bits per heavy atom. The van der Waals surface area contributed by atoms with Crippen molar-refractivity contribution in [2.75, 3.05) is 6.54 Å². The predicted molar refractivity (Wildman–Crippen MR) is 105 cm³/mol. The zero-order valence-electron chi connectivity index (χ0n) is 14.8. The summed E-state index contributed by atoms with van der Waals surface area (Å²) in [5.41, 5.74) is 0.641. The number of aryl methyl sites for hydroxylation is 1. The molecular formula is C18H24BrN3O2S. The van der Waals surface area contributed by atoms with Crippen molar-refractivity contribution in [2.45, 2.75) is 52.1 Å². The summed E-state index contributed by atoms with van der Waals surface area (Å²) >= 11 is 5.07. The molecule has 0 unspecified atom stereocenters. The first-order valence-electron chi connectivity index (χ1n) is 8.39. The van der Waals surface area contributed by atoms with Crippen molar-refractivity contribution in [1.82, 2.24) is 15.5 Å². The lowest BCUT2D eigenvalue weighted by molar-refractivity contribution is 0.0527. The van der Waals surface area contributed by atoms with Gasteiger partial charge in [0.25, 0.3) is 0 Å². The lowest BCUT2D eigenvalue weighted by Crippen LogP contribution is -2.32. The summed E-state index contributed by atoms with van der Waals surface area (Å²) in [4.78, 5) is 11.5. The quantitative estimate of drug-likeness (QED) is 0.618. The Morgan fingerprint density at radius 2 is 1.88 bits per heavy atom. The van der Waals surface area contributed by atoms with E-state index in [0.717, 1.165) is 45.7 Å². The molecule has 136 valence electrons. The van der Waals surface area contributed by atoms with Gasteiger partial charge in [-0.25, -0.2) is 4.79 Å². The first-order chi connectivity index (χ1) is 11.8. The second-order valence-corrected chi connectivity index (χ2v) is 8.72. The highest BCUT2D eigenvalue weighted by molar-refractivity contribution is 9.10. The first kappa shape index (κ1) is 19.8. The standard InChI is InChI=1S/C18H24BrN3O2S/c1-18(2,3)24-17(23)20-12-6-4-5-7-15-21-22-16(25-15)13-8-10-14(19)11-9-13/h8-11H,4-7,12H2,1-3H3,(H,20,23). The van der Waals surface area contributed by atoms with Crippen molar-refractivity contribution in [3.63, 3.8) is 0 Å². The molecule has 7 heteroatoms. The summed E-state index contributed by atoms with van der Waals surface area (Å²) < 4.78 is 6.25. The summed E-state index contributed by atoms with van der Waals surface area (Å²) in [5.74, 6) is 0. The van der Waals surface area contributed by atoms with Gasteiger partial charge in [0.2, 0.25) is 0 Å². The van der Waals surface area contributed by atoms with Crippen LogP contribution < -0.4 is 5.32 Å². The Bertz CT molecular complexity index is 680. The van der Waals surface area contributed by atoms with Gasteiger partial charge in [-0.15, -0.1) is 10.2 Å². The average Bonchev–Trinajstić information content (AvgIpc) is 2.98.